The SMILES string of the molecule is NCc1cc(-c2cccc(CNc3ccccc3CC(=O)O)c2)ccc1Cl. The molecule has 0 aromatic heterocycles. The molecule has 0 amide bonds. The van der Waals surface area contributed by atoms with E-state index in [-0.39, 0.29) is 6.42 Å². The summed E-state index contributed by atoms with van der Waals surface area (Å²) in [6, 6.07) is 21.5. The predicted octanol–water partition coefficient (Wildman–Crippen LogP) is 4.70. The zero-order chi connectivity index (χ0) is 19.2. The molecule has 0 heterocycles. The highest BCUT2D eigenvalue weighted by atomic mass is 35.5. The molecule has 0 spiro atoms. The Kier molecular flexibility index (Phi) is 6.12. The minimum Gasteiger partial charge on any atom is -0.481 e. The molecule has 27 heavy (non-hydrogen) atoms. The third-order valence-corrected chi connectivity index (χ3v) is 4.74. The van der Waals surface area contributed by atoms with Gasteiger partial charge >= 0.3 is 5.97 Å². The standard InChI is InChI=1S/C22H21ClN2O2/c23-20-9-8-17(11-19(20)13-24)16-6-3-4-15(10-16)14-25-21-7-2-1-5-18(21)12-22(26)27/h1-11,25H,12-14,24H2,(H,26,27). The van der Waals surface area contributed by atoms with E-state index in [2.05, 4.69) is 11.4 Å². The molecule has 0 aliphatic rings. The minimum absolute atomic E-state index is 0.00411. The van der Waals surface area contributed by atoms with E-state index in [4.69, 9.17) is 22.4 Å². The van der Waals surface area contributed by atoms with Crippen molar-refractivity contribution in [2.45, 2.75) is 19.5 Å². The highest BCUT2D eigenvalue weighted by molar-refractivity contribution is 6.31. The largest absolute Gasteiger partial charge is 0.481 e. The number of benzene rings is 3. The highest BCUT2D eigenvalue weighted by Crippen LogP contribution is 2.26. The molecule has 3 aromatic carbocycles. The van der Waals surface area contributed by atoms with Crippen molar-refractivity contribution in [1.82, 2.24) is 0 Å². The second-order valence-corrected chi connectivity index (χ2v) is 6.70. The molecule has 0 atom stereocenters. The van der Waals surface area contributed by atoms with Crippen molar-refractivity contribution in [1.29, 1.82) is 0 Å². The van der Waals surface area contributed by atoms with Gasteiger partial charge in [0.1, 0.15) is 0 Å². The number of hydrogen-bond donors (Lipinski definition) is 3. The van der Waals surface area contributed by atoms with Crippen molar-refractivity contribution in [3.05, 3.63) is 88.4 Å². The van der Waals surface area contributed by atoms with E-state index in [1.807, 2.05) is 60.7 Å². The molecule has 0 aliphatic carbocycles. The fourth-order valence-electron chi connectivity index (χ4n) is 2.98. The van der Waals surface area contributed by atoms with Crippen LogP contribution in [0.1, 0.15) is 16.7 Å². The third-order valence-electron chi connectivity index (χ3n) is 4.37. The average Bonchev–Trinajstić information content (AvgIpc) is 2.67. The van der Waals surface area contributed by atoms with Gasteiger partial charge in [0.15, 0.2) is 0 Å². The number of aliphatic carboxylic acids is 1. The van der Waals surface area contributed by atoms with Crippen molar-refractivity contribution in [3.8, 4) is 11.1 Å². The zero-order valence-corrected chi connectivity index (χ0v) is 15.5. The fourth-order valence-corrected chi connectivity index (χ4v) is 3.17. The van der Waals surface area contributed by atoms with Crippen molar-refractivity contribution >= 4 is 23.3 Å². The second-order valence-electron chi connectivity index (χ2n) is 6.29. The van der Waals surface area contributed by atoms with E-state index in [1.54, 1.807) is 0 Å². The van der Waals surface area contributed by atoms with Crippen LogP contribution in [-0.4, -0.2) is 11.1 Å². The molecule has 0 unspecified atom stereocenters. The van der Waals surface area contributed by atoms with Gasteiger partial charge in [-0.15, -0.1) is 0 Å². The van der Waals surface area contributed by atoms with Crippen molar-refractivity contribution in [3.63, 3.8) is 0 Å². The van der Waals surface area contributed by atoms with Crippen LogP contribution in [0.5, 0.6) is 0 Å². The summed E-state index contributed by atoms with van der Waals surface area (Å²) in [6.07, 6.45) is -0.00411. The second kappa shape index (κ2) is 8.71. The van der Waals surface area contributed by atoms with Gasteiger partial charge in [0.25, 0.3) is 0 Å². The molecule has 0 fully saturated rings. The van der Waals surface area contributed by atoms with Gasteiger partial charge in [-0.3, -0.25) is 4.79 Å². The van der Waals surface area contributed by atoms with E-state index in [0.717, 1.165) is 33.5 Å². The molecule has 3 rings (SSSR count). The van der Waals surface area contributed by atoms with Crippen LogP contribution in [0.3, 0.4) is 0 Å². The number of rotatable bonds is 7. The molecule has 138 valence electrons. The molecular formula is C22H21ClN2O2. The Morgan fingerprint density at radius 2 is 1.74 bits per heavy atom. The first-order valence-corrected chi connectivity index (χ1v) is 9.06. The Balaban J connectivity index is 1.78. The number of para-hydroxylation sites is 1. The Bertz CT molecular complexity index is 957. The van der Waals surface area contributed by atoms with Crippen LogP contribution >= 0.6 is 11.6 Å². The normalized spacial score (nSPS) is 10.6. The lowest BCUT2D eigenvalue weighted by Gasteiger charge is -2.12. The van der Waals surface area contributed by atoms with Crippen LogP contribution in [0.25, 0.3) is 11.1 Å². The zero-order valence-electron chi connectivity index (χ0n) is 14.8. The highest BCUT2D eigenvalue weighted by Gasteiger charge is 2.07. The first-order chi connectivity index (χ1) is 13.1. The van der Waals surface area contributed by atoms with Crippen LogP contribution in [0.2, 0.25) is 5.02 Å². The van der Waals surface area contributed by atoms with Crippen LogP contribution in [0.15, 0.2) is 66.7 Å². The maximum absolute atomic E-state index is 11.0. The maximum Gasteiger partial charge on any atom is 0.307 e. The van der Waals surface area contributed by atoms with Gasteiger partial charge in [-0.05, 0) is 52.1 Å². The smallest absolute Gasteiger partial charge is 0.307 e. The van der Waals surface area contributed by atoms with E-state index < -0.39 is 5.97 Å². The van der Waals surface area contributed by atoms with Gasteiger partial charge in [0.05, 0.1) is 6.42 Å². The van der Waals surface area contributed by atoms with Gasteiger partial charge in [0.2, 0.25) is 0 Å². The van der Waals surface area contributed by atoms with Gasteiger partial charge < -0.3 is 16.2 Å². The number of carbonyl (C=O) groups is 1. The predicted molar refractivity (Wildman–Crippen MR) is 110 cm³/mol. The maximum atomic E-state index is 11.0. The molecule has 0 saturated carbocycles. The van der Waals surface area contributed by atoms with Gasteiger partial charge in [-0.2, -0.15) is 0 Å². The summed E-state index contributed by atoms with van der Waals surface area (Å²) >= 11 is 6.15. The number of anilines is 1. The number of carboxylic acid groups (broad SMARTS) is 1. The lowest BCUT2D eigenvalue weighted by molar-refractivity contribution is -0.136. The molecule has 0 radical (unpaired) electrons. The molecule has 0 aliphatic heterocycles. The van der Waals surface area contributed by atoms with Crippen LogP contribution in [-0.2, 0) is 24.3 Å². The molecular weight excluding hydrogens is 360 g/mol. The topological polar surface area (TPSA) is 75.3 Å². The van der Waals surface area contributed by atoms with Gasteiger partial charge in [-0.25, -0.2) is 0 Å². The first-order valence-electron chi connectivity index (χ1n) is 8.68. The monoisotopic (exact) mass is 380 g/mol. The average molecular weight is 381 g/mol. The molecule has 4 nitrogen and oxygen atoms in total. The van der Waals surface area contributed by atoms with E-state index >= 15 is 0 Å². The lowest BCUT2D eigenvalue weighted by atomic mass is 10.0. The van der Waals surface area contributed by atoms with E-state index in [0.29, 0.717) is 18.1 Å². The number of nitrogens with two attached hydrogens (primary N) is 1. The van der Waals surface area contributed by atoms with Crippen molar-refractivity contribution in [2.24, 2.45) is 5.73 Å². The van der Waals surface area contributed by atoms with E-state index in [9.17, 15) is 4.79 Å². The van der Waals surface area contributed by atoms with E-state index in [1.165, 1.54) is 0 Å². The van der Waals surface area contributed by atoms with Crippen LogP contribution < -0.4 is 11.1 Å². The van der Waals surface area contributed by atoms with Gasteiger partial charge in [-0.1, -0.05) is 54.1 Å². The summed E-state index contributed by atoms with van der Waals surface area (Å²) in [5.74, 6) is -0.843. The Morgan fingerprint density at radius 3 is 2.52 bits per heavy atom. The lowest BCUT2D eigenvalue weighted by Crippen LogP contribution is -2.06. The first kappa shape index (κ1) is 19.0. The summed E-state index contributed by atoms with van der Waals surface area (Å²) < 4.78 is 0. The quantitative estimate of drug-likeness (QED) is 0.555. The minimum atomic E-state index is -0.843. The fraction of sp³-hybridized carbons (Fsp3) is 0.136. The molecule has 0 bridgehead atoms. The third kappa shape index (κ3) is 4.88. The number of nitrogens with one attached hydrogen (secondary N) is 1. The molecule has 0 saturated heterocycles. The molecule has 5 heteroatoms. The summed E-state index contributed by atoms with van der Waals surface area (Å²) in [5.41, 5.74) is 11.5. The van der Waals surface area contributed by atoms with Gasteiger partial charge in [0, 0.05) is 23.8 Å². The van der Waals surface area contributed by atoms with Crippen LogP contribution in [0, 0.1) is 0 Å². The molecule has 4 N–H and O–H groups in total. The Morgan fingerprint density at radius 1 is 0.963 bits per heavy atom. The number of carboxylic acids is 1. The van der Waals surface area contributed by atoms with Crippen molar-refractivity contribution < 1.29 is 9.90 Å². The summed E-state index contributed by atoms with van der Waals surface area (Å²) in [6.45, 7) is 0.996. The van der Waals surface area contributed by atoms with Crippen molar-refractivity contribution in [2.75, 3.05) is 5.32 Å². The molecule has 3 aromatic rings. The number of halogens is 1. The summed E-state index contributed by atoms with van der Waals surface area (Å²) in [7, 11) is 0. The summed E-state index contributed by atoms with van der Waals surface area (Å²) in [5, 5.41) is 13.1. The Hall–Kier alpha value is -2.82. The van der Waals surface area contributed by atoms with Crippen LogP contribution in [0.4, 0.5) is 5.69 Å². The Labute approximate surface area is 163 Å². The summed E-state index contributed by atoms with van der Waals surface area (Å²) in [4.78, 5) is 11.0. The number of hydrogen-bond acceptors (Lipinski definition) is 3.